The zero-order valence-electron chi connectivity index (χ0n) is 11.3. The van der Waals surface area contributed by atoms with Crippen molar-refractivity contribution < 1.29 is 4.79 Å². The summed E-state index contributed by atoms with van der Waals surface area (Å²) in [5.74, 6) is 1.91. The lowest BCUT2D eigenvalue weighted by Crippen LogP contribution is -2.48. The number of nitrogens with zero attached hydrogens (tertiary/aromatic N) is 1. The Bertz CT molecular complexity index is 352. The van der Waals surface area contributed by atoms with Gasteiger partial charge in [0.15, 0.2) is 0 Å². The fourth-order valence-electron chi connectivity index (χ4n) is 3.53. The fraction of sp³-hybridized carbons (Fsp3) is 0.800. The van der Waals surface area contributed by atoms with E-state index in [2.05, 4.69) is 22.4 Å². The number of fused-ring (bicyclic) bond motifs is 1. The van der Waals surface area contributed by atoms with Crippen LogP contribution in [0.5, 0.6) is 0 Å². The van der Waals surface area contributed by atoms with Crippen LogP contribution in [0.1, 0.15) is 38.5 Å². The van der Waals surface area contributed by atoms with Gasteiger partial charge >= 0.3 is 0 Å². The van der Waals surface area contributed by atoms with Crippen molar-refractivity contribution in [3.8, 4) is 0 Å². The molecule has 0 radical (unpaired) electrons. The number of nitrogens with one attached hydrogen (secondary N) is 1. The summed E-state index contributed by atoms with van der Waals surface area (Å²) in [6.07, 6.45) is 11.8. The summed E-state index contributed by atoms with van der Waals surface area (Å²) in [6, 6.07) is 0.411. The Balaban J connectivity index is 1.77. The fourth-order valence-corrected chi connectivity index (χ4v) is 3.53. The van der Waals surface area contributed by atoms with Crippen LogP contribution in [0.15, 0.2) is 12.2 Å². The van der Waals surface area contributed by atoms with Gasteiger partial charge < -0.3 is 10.2 Å². The second-order valence-electron chi connectivity index (χ2n) is 6.10. The minimum Gasteiger partial charge on any atom is -0.335 e. The van der Waals surface area contributed by atoms with Gasteiger partial charge in [0, 0.05) is 6.54 Å². The highest BCUT2D eigenvalue weighted by molar-refractivity contribution is 5.83. The third kappa shape index (κ3) is 2.33. The molecule has 1 N–H and O–H groups in total. The first-order valence-electron chi connectivity index (χ1n) is 7.44. The predicted molar refractivity (Wildman–Crippen MR) is 72.2 cm³/mol. The second-order valence-corrected chi connectivity index (χ2v) is 6.10. The number of carbonyl (C=O) groups is 1. The van der Waals surface area contributed by atoms with Gasteiger partial charge in [0.05, 0.1) is 12.1 Å². The van der Waals surface area contributed by atoms with Crippen molar-refractivity contribution in [2.45, 2.75) is 50.6 Å². The minimum absolute atomic E-state index is 0.0548. The van der Waals surface area contributed by atoms with Crippen LogP contribution < -0.4 is 5.32 Å². The van der Waals surface area contributed by atoms with E-state index in [4.69, 9.17) is 0 Å². The van der Waals surface area contributed by atoms with E-state index in [0.29, 0.717) is 11.9 Å². The first-order chi connectivity index (χ1) is 8.79. The van der Waals surface area contributed by atoms with Gasteiger partial charge in [-0.3, -0.25) is 4.79 Å². The van der Waals surface area contributed by atoms with Gasteiger partial charge in [-0.15, -0.1) is 0 Å². The molecule has 2 aliphatic carbocycles. The summed E-state index contributed by atoms with van der Waals surface area (Å²) in [6.45, 7) is 0.997. The van der Waals surface area contributed by atoms with E-state index in [1.165, 1.54) is 25.7 Å². The van der Waals surface area contributed by atoms with Crippen LogP contribution in [0, 0.1) is 11.8 Å². The molecule has 1 saturated carbocycles. The van der Waals surface area contributed by atoms with Crippen molar-refractivity contribution in [3.63, 3.8) is 0 Å². The van der Waals surface area contributed by atoms with E-state index >= 15 is 0 Å². The normalized spacial score (nSPS) is 40.1. The molecule has 1 saturated heterocycles. The van der Waals surface area contributed by atoms with Gasteiger partial charge in [0.1, 0.15) is 0 Å². The highest BCUT2D eigenvalue weighted by Gasteiger charge is 2.46. The van der Waals surface area contributed by atoms with E-state index in [1.54, 1.807) is 0 Å². The lowest BCUT2D eigenvalue weighted by atomic mass is 10.1. The van der Waals surface area contributed by atoms with Crippen molar-refractivity contribution in [3.05, 3.63) is 12.2 Å². The topological polar surface area (TPSA) is 32.3 Å². The molecule has 1 amide bonds. The molecule has 3 nitrogen and oxygen atoms in total. The molecule has 4 unspecified atom stereocenters. The molecule has 3 rings (SSSR count). The van der Waals surface area contributed by atoms with Crippen molar-refractivity contribution in [1.82, 2.24) is 10.2 Å². The van der Waals surface area contributed by atoms with Gasteiger partial charge in [-0.1, -0.05) is 18.6 Å². The molecular formula is C15H24N2O. The summed E-state index contributed by atoms with van der Waals surface area (Å²) >= 11 is 0. The molecule has 0 bridgehead atoms. The standard InChI is InChI=1S/C15H24N2O/c1-16-14-9-11-8-12(11)10-17(15(14)18)13-6-4-2-3-5-7-13/h4,6,11-14,16H,2-3,5,7-10H2,1H3. The predicted octanol–water partition coefficient (Wildman–Crippen LogP) is 1.94. The van der Waals surface area contributed by atoms with Crippen LogP contribution in [0.25, 0.3) is 0 Å². The molecule has 0 aromatic carbocycles. The third-order valence-electron chi connectivity index (χ3n) is 4.85. The zero-order chi connectivity index (χ0) is 12.5. The summed E-state index contributed by atoms with van der Waals surface area (Å²) in [7, 11) is 1.92. The Labute approximate surface area is 110 Å². The maximum atomic E-state index is 12.6. The van der Waals surface area contributed by atoms with E-state index in [0.717, 1.165) is 31.2 Å². The van der Waals surface area contributed by atoms with Crippen LogP contribution in [0.4, 0.5) is 0 Å². The van der Waals surface area contributed by atoms with Gasteiger partial charge in [0.25, 0.3) is 0 Å². The molecule has 4 atom stereocenters. The first-order valence-corrected chi connectivity index (χ1v) is 7.44. The van der Waals surface area contributed by atoms with Gasteiger partial charge in [-0.2, -0.15) is 0 Å². The molecule has 100 valence electrons. The van der Waals surface area contributed by atoms with Crippen molar-refractivity contribution >= 4 is 5.91 Å². The summed E-state index contributed by atoms with van der Waals surface area (Å²) < 4.78 is 0. The summed E-state index contributed by atoms with van der Waals surface area (Å²) in [4.78, 5) is 14.8. The van der Waals surface area contributed by atoms with E-state index in [1.807, 2.05) is 7.05 Å². The number of likely N-dealkylation sites (N-methyl/N-ethyl adjacent to an activating group) is 1. The molecule has 2 fully saturated rings. The summed E-state index contributed by atoms with van der Waals surface area (Å²) in [5, 5.41) is 3.22. The zero-order valence-corrected chi connectivity index (χ0v) is 11.3. The lowest BCUT2D eigenvalue weighted by molar-refractivity contribution is -0.134. The van der Waals surface area contributed by atoms with Crippen molar-refractivity contribution in [2.75, 3.05) is 13.6 Å². The van der Waals surface area contributed by atoms with Crippen LogP contribution >= 0.6 is 0 Å². The Morgan fingerprint density at radius 1 is 1.28 bits per heavy atom. The Morgan fingerprint density at radius 2 is 2.17 bits per heavy atom. The Hall–Kier alpha value is -0.830. The molecule has 3 heteroatoms. The maximum absolute atomic E-state index is 12.6. The number of likely N-dealkylation sites (tertiary alicyclic amines) is 1. The van der Waals surface area contributed by atoms with Gasteiger partial charge in [-0.25, -0.2) is 0 Å². The highest BCUT2D eigenvalue weighted by Crippen LogP contribution is 2.45. The molecule has 0 aromatic heterocycles. The SMILES string of the molecule is CNC1CC2CC2CN(C2C=CCCCC2)C1=O. The third-order valence-corrected chi connectivity index (χ3v) is 4.85. The van der Waals surface area contributed by atoms with E-state index in [9.17, 15) is 4.79 Å². The number of allylic oxidation sites excluding steroid dienone is 1. The van der Waals surface area contributed by atoms with Gasteiger partial charge in [0.2, 0.25) is 5.91 Å². The number of hydrogen-bond donors (Lipinski definition) is 1. The van der Waals surface area contributed by atoms with Crippen molar-refractivity contribution in [1.29, 1.82) is 0 Å². The van der Waals surface area contributed by atoms with Crippen LogP contribution in [0.3, 0.4) is 0 Å². The molecule has 18 heavy (non-hydrogen) atoms. The number of carbonyl (C=O) groups excluding carboxylic acids is 1. The Kier molecular flexibility index (Phi) is 3.42. The molecule has 1 heterocycles. The molecule has 3 aliphatic rings. The van der Waals surface area contributed by atoms with E-state index in [-0.39, 0.29) is 6.04 Å². The monoisotopic (exact) mass is 248 g/mol. The van der Waals surface area contributed by atoms with Crippen LogP contribution in [-0.2, 0) is 4.79 Å². The van der Waals surface area contributed by atoms with Crippen LogP contribution in [-0.4, -0.2) is 36.5 Å². The minimum atomic E-state index is 0.0548. The second kappa shape index (κ2) is 5.04. The maximum Gasteiger partial charge on any atom is 0.240 e. The lowest BCUT2D eigenvalue weighted by Gasteiger charge is -2.31. The average molecular weight is 248 g/mol. The molecule has 0 spiro atoms. The van der Waals surface area contributed by atoms with E-state index < -0.39 is 0 Å². The Morgan fingerprint density at radius 3 is 3.00 bits per heavy atom. The number of rotatable bonds is 2. The first kappa shape index (κ1) is 12.2. The molecule has 0 aromatic rings. The van der Waals surface area contributed by atoms with Crippen molar-refractivity contribution in [2.24, 2.45) is 11.8 Å². The molecule has 1 aliphatic heterocycles. The summed E-state index contributed by atoms with van der Waals surface area (Å²) in [5.41, 5.74) is 0. The molecular weight excluding hydrogens is 224 g/mol. The largest absolute Gasteiger partial charge is 0.335 e. The number of hydrogen-bond acceptors (Lipinski definition) is 2. The van der Waals surface area contributed by atoms with Gasteiger partial charge in [-0.05, 0) is 51.0 Å². The smallest absolute Gasteiger partial charge is 0.240 e. The number of amides is 1. The van der Waals surface area contributed by atoms with Crippen LogP contribution in [0.2, 0.25) is 0 Å². The average Bonchev–Trinajstić information content (AvgIpc) is 3.14. The quantitative estimate of drug-likeness (QED) is 0.758. The highest BCUT2D eigenvalue weighted by atomic mass is 16.2.